The van der Waals surface area contributed by atoms with Crippen LogP contribution in [0, 0.1) is 23.7 Å². The van der Waals surface area contributed by atoms with E-state index in [0.29, 0.717) is 12.0 Å². The van der Waals surface area contributed by atoms with E-state index in [1.165, 1.54) is 37.4 Å². The number of hydrogen-bond donors (Lipinski definition) is 2. The van der Waals surface area contributed by atoms with Gasteiger partial charge in [0.25, 0.3) is 0 Å². The summed E-state index contributed by atoms with van der Waals surface area (Å²) in [7, 11) is 0. The van der Waals surface area contributed by atoms with Crippen molar-refractivity contribution in [3.8, 4) is 0 Å². The Kier molecular flexibility index (Phi) is 3.74. The van der Waals surface area contributed by atoms with E-state index in [-0.39, 0.29) is 17.4 Å². The first-order valence-electron chi connectivity index (χ1n) is 7.24. The number of fused-ring (bicyclic) bond motifs is 5. The molecule has 1 amide bonds. The summed E-state index contributed by atoms with van der Waals surface area (Å²) in [5, 5.41) is 11.7. The predicted molar refractivity (Wildman–Crippen MR) is 73.9 cm³/mol. The Morgan fingerprint density at radius 2 is 1.89 bits per heavy atom. The van der Waals surface area contributed by atoms with Gasteiger partial charge in [-0.3, -0.25) is 9.59 Å². The number of carbonyl (C=O) groups excluding carboxylic acids is 1. The van der Waals surface area contributed by atoms with Gasteiger partial charge in [-0.2, -0.15) is 0 Å². The Morgan fingerprint density at radius 1 is 1.11 bits per heavy atom. The topological polar surface area (TPSA) is 66.4 Å². The highest BCUT2D eigenvalue weighted by molar-refractivity contribution is 8.00. The van der Waals surface area contributed by atoms with E-state index >= 15 is 0 Å². The minimum atomic E-state index is -0.855. The zero-order valence-corrected chi connectivity index (χ0v) is 11.8. The summed E-state index contributed by atoms with van der Waals surface area (Å²) in [6.45, 7) is 0. The zero-order chi connectivity index (χ0) is 13.4. The van der Waals surface area contributed by atoms with Crippen molar-refractivity contribution in [2.24, 2.45) is 23.7 Å². The molecule has 5 unspecified atom stereocenters. The van der Waals surface area contributed by atoms with Gasteiger partial charge in [-0.15, -0.1) is 11.8 Å². The van der Waals surface area contributed by atoms with E-state index in [2.05, 4.69) is 5.32 Å². The van der Waals surface area contributed by atoms with Crippen molar-refractivity contribution in [3.63, 3.8) is 0 Å². The molecule has 0 aromatic rings. The molecule has 0 heterocycles. The molecule has 2 bridgehead atoms. The van der Waals surface area contributed by atoms with Crippen LogP contribution in [0.2, 0.25) is 0 Å². The van der Waals surface area contributed by atoms with Gasteiger partial charge in [0.1, 0.15) is 0 Å². The summed E-state index contributed by atoms with van der Waals surface area (Å²) in [6, 6.07) is 0.363. The van der Waals surface area contributed by atoms with Crippen LogP contribution >= 0.6 is 11.8 Å². The summed E-state index contributed by atoms with van der Waals surface area (Å²) in [4.78, 5) is 22.2. The highest BCUT2D eigenvalue weighted by atomic mass is 32.2. The second-order valence-corrected chi connectivity index (χ2v) is 7.20. The van der Waals surface area contributed by atoms with Crippen LogP contribution in [0.1, 0.15) is 32.1 Å². The molecule has 3 aliphatic carbocycles. The fourth-order valence-corrected chi connectivity index (χ4v) is 5.26. The molecule has 106 valence electrons. The summed E-state index contributed by atoms with van der Waals surface area (Å²) in [5.74, 6) is 2.78. The van der Waals surface area contributed by atoms with Crippen molar-refractivity contribution in [2.45, 2.75) is 38.1 Å². The highest BCUT2D eigenvalue weighted by Crippen LogP contribution is 2.58. The lowest BCUT2D eigenvalue weighted by molar-refractivity contribution is -0.133. The Hall–Kier alpha value is -0.710. The number of aliphatic carboxylic acids is 1. The van der Waals surface area contributed by atoms with E-state index in [0.717, 1.165) is 24.2 Å². The molecule has 0 aliphatic heterocycles. The first-order chi connectivity index (χ1) is 9.15. The van der Waals surface area contributed by atoms with Gasteiger partial charge in [-0.05, 0) is 49.4 Å². The second-order valence-electron chi connectivity index (χ2n) is 6.21. The Morgan fingerprint density at radius 3 is 2.68 bits per heavy atom. The van der Waals surface area contributed by atoms with Gasteiger partial charge in [0.2, 0.25) is 5.91 Å². The van der Waals surface area contributed by atoms with E-state index in [1.807, 2.05) is 0 Å². The van der Waals surface area contributed by atoms with E-state index in [4.69, 9.17) is 5.11 Å². The van der Waals surface area contributed by atoms with E-state index in [9.17, 15) is 9.59 Å². The lowest BCUT2D eigenvalue weighted by Crippen LogP contribution is -2.43. The quantitative estimate of drug-likeness (QED) is 0.806. The van der Waals surface area contributed by atoms with Crippen LogP contribution < -0.4 is 5.32 Å². The lowest BCUT2D eigenvalue weighted by Gasteiger charge is -2.32. The van der Waals surface area contributed by atoms with Crippen LogP contribution in [0.3, 0.4) is 0 Å². The molecule has 2 N–H and O–H groups in total. The first-order valence-corrected chi connectivity index (χ1v) is 8.39. The molecule has 0 radical (unpaired) electrons. The zero-order valence-electron chi connectivity index (χ0n) is 11.0. The van der Waals surface area contributed by atoms with Crippen molar-refractivity contribution in [1.82, 2.24) is 5.32 Å². The van der Waals surface area contributed by atoms with Crippen molar-refractivity contribution in [2.75, 3.05) is 11.5 Å². The van der Waals surface area contributed by atoms with Gasteiger partial charge in [-0.1, -0.05) is 6.42 Å². The molecule has 3 aliphatic rings. The maximum atomic E-state index is 11.8. The van der Waals surface area contributed by atoms with Gasteiger partial charge in [0.05, 0.1) is 11.5 Å². The number of nitrogens with one attached hydrogen (secondary N) is 1. The van der Waals surface area contributed by atoms with Crippen LogP contribution in [-0.4, -0.2) is 34.5 Å². The fourth-order valence-electron chi connectivity index (χ4n) is 4.71. The van der Waals surface area contributed by atoms with Crippen molar-refractivity contribution >= 4 is 23.6 Å². The number of hydrogen-bond acceptors (Lipinski definition) is 3. The average molecular weight is 283 g/mol. The molecule has 3 fully saturated rings. The van der Waals surface area contributed by atoms with Gasteiger partial charge in [0.15, 0.2) is 0 Å². The molecule has 0 saturated heterocycles. The minimum absolute atomic E-state index is 0.00877. The van der Waals surface area contributed by atoms with Gasteiger partial charge in [-0.25, -0.2) is 0 Å². The monoisotopic (exact) mass is 283 g/mol. The SMILES string of the molecule is O=C(O)CSCC(=O)NC1CC2CC1C1CCCC21. The molecule has 5 heteroatoms. The number of carbonyl (C=O) groups is 2. The third-order valence-electron chi connectivity index (χ3n) is 5.23. The fraction of sp³-hybridized carbons (Fsp3) is 0.857. The predicted octanol–water partition coefficient (Wildman–Crippen LogP) is 1.75. The summed E-state index contributed by atoms with van der Waals surface area (Å²) in [5.41, 5.74) is 0. The van der Waals surface area contributed by atoms with Crippen LogP contribution in [0.4, 0.5) is 0 Å². The van der Waals surface area contributed by atoms with Gasteiger partial charge >= 0.3 is 5.97 Å². The third-order valence-corrected chi connectivity index (χ3v) is 6.15. The minimum Gasteiger partial charge on any atom is -0.481 e. The molecular formula is C14H21NO3S. The number of carboxylic acids is 1. The highest BCUT2D eigenvalue weighted by Gasteiger charge is 2.53. The second kappa shape index (κ2) is 5.35. The van der Waals surface area contributed by atoms with Crippen LogP contribution in [0.15, 0.2) is 0 Å². The van der Waals surface area contributed by atoms with E-state index in [1.54, 1.807) is 0 Å². The standard InChI is InChI=1S/C14H21NO3S/c16-13(6-19-7-14(17)18)15-12-5-8-4-11(12)10-3-1-2-9(8)10/h8-12H,1-7H2,(H,15,16)(H,17,18). The smallest absolute Gasteiger partial charge is 0.313 e. The number of amides is 1. The van der Waals surface area contributed by atoms with Crippen LogP contribution in [0.5, 0.6) is 0 Å². The molecular weight excluding hydrogens is 262 g/mol. The largest absolute Gasteiger partial charge is 0.481 e. The molecule has 5 atom stereocenters. The van der Waals surface area contributed by atoms with Crippen LogP contribution in [0.25, 0.3) is 0 Å². The van der Waals surface area contributed by atoms with Crippen LogP contribution in [-0.2, 0) is 9.59 Å². The molecule has 4 nitrogen and oxygen atoms in total. The summed E-state index contributed by atoms with van der Waals surface area (Å²) in [6.07, 6.45) is 6.59. The Labute approximate surface area is 117 Å². The normalized spacial score (nSPS) is 39.3. The molecule has 3 rings (SSSR count). The Bertz CT molecular complexity index is 387. The lowest BCUT2D eigenvalue weighted by atomic mass is 9.79. The summed E-state index contributed by atoms with van der Waals surface area (Å²) < 4.78 is 0. The van der Waals surface area contributed by atoms with Gasteiger partial charge < -0.3 is 10.4 Å². The maximum absolute atomic E-state index is 11.8. The van der Waals surface area contributed by atoms with Crippen molar-refractivity contribution in [1.29, 1.82) is 0 Å². The third kappa shape index (κ3) is 2.62. The molecule has 19 heavy (non-hydrogen) atoms. The first kappa shape index (κ1) is 13.3. The molecule has 0 spiro atoms. The van der Waals surface area contributed by atoms with E-state index < -0.39 is 5.97 Å². The Balaban J connectivity index is 1.46. The molecule has 0 aromatic heterocycles. The van der Waals surface area contributed by atoms with Gasteiger partial charge in [0, 0.05) is 6.04 Å². The number of thioether (sulfide) groups is 1. The number of carboxylic acid groups (broad SMARTS) is 1. The van der Waals surface area contributed by atoms with Crippen molar-refractivity contribution < 1.29 is 14.7 Å². The molecule has 0 aromatic carbocycles. The maximum Gasteiger partial charge on any atom is 0.313 e. The van der Waals surface area contributed by atoms with Crippen molar-refractivity contribution in [3.05, 3.63) is 0 Å². The summed E-state index contributed by atoms with van der Waals surface area (Å²) >= 11 is 1.18. The average Bonchev–Trinajstić information content (AvgIpc) is 2.98. The molecule has 3 saturated carbocycles. The number of rotatable bonds is 5.